The summed E-state index contributed by atoms with van der Waals surface area (Å²) in [6, 6.07) is 16.6. The number of carbonyl (C=O) groups is 1. The maximum Gasteiger partial charge on any atom is 0.230 e. The third kappa shape index (κ3) is 7.96. The van der Waals surface area contributed by atoms with Crippen LogP contribution in [0.4, 0.5) is 0 Å². The van der Waals surface area contributed by atoms with Gasteiger partial charge < -0.3 is 10.1 Å². The molecule has 0 heterocycles. The summed E-state index contributed by atoms with van der Waals surface area (Å²) in [7, 11) is 0. The fourth-order valence-electron chi connectivity index (χ4n) is 2.64. The minimum absolute atomic E-state index is 0.114. The molecule has 2 aromatic carbocycles. The van der Waals surface area contributed by atoms with Gasteiger partial charge in [0.2, 0.25) is 5.91 Å². The van der Waals surface area contributed by atoms with Crippen LogP contribution in [0.25, 0.3) is 0 Å². The van der Waals surface area contributed by atoms with Gasteiger partial charge in [-0.2, -0.15) is 0 Å². The Morgan fingerprint density at radius 1 is 1.12 bits per heavy atom. The molecule has 0 radical (unpaired) electrons. The molecule has 0 saturated carbocycles. The number of rotatable bonds is 10. The number of hydrogen-bond donors (Lipinski definition) is 1. The molecule has 3 nitrogen and oxygen atoms in total. The minimum Gasteiger partial charge on any atom is -0.491 e. The number of amides is 1. The van der Waals surface area contributed by atoms with Crippen LogP contribution in [0.2, 0.25) is 0 Å². The molecule has 0 aliphatic rings. The molecule has 0 aliphatic carbocycles. The summed E-state index contributed by atoms with van der Waals surface area (Å²) < 4.78 is 5.64. The summed E-state index contributed by atoms with van der Waals surface area (Å²) in [5.41, 5.74) is 3.80. The van der Waals surface area contributed by atoms with Crippen LogP contribution in [0.3, 0.4) is 0 Å². The molecule has 0 aliphatic heterocycles. The lowest BCUT2D eigenvalue weighted by Crippen LogP contribution is -2.26. The second kappa shape index (κ2) is 10.9. The molecule has 0 atom stereocenters. The first-order valence-corrected chi connectivity index (χ1v) is 10.3. The number of nitrogens with one attached hydrogen (secondary N) is 1. The summed E-state index contributed by atoms with van der Waals surface area (Å²) in [6.45, 7) is 6.85. The second-order valence-corrected chi connectivity index (χ2v) is 7.73. The monoisotopic (exact) mass is 371 g/mol. The van der Waals surface area contributed by atoms with E-state index in [0.29, 0.717) is 12.3 Å². The molecule has 0 saturated heterocycles. The van der Waals surface area contributed by atoms with Gasteiger partial charge in [-0.05, 0) is 56.9 Å². The van der Waals surface area contributed by atoms with Gasteiger partial charge in [0.25, 0.3) is 0 Å². The standard InChI is InChI=1S/C22H29NO2S/c1-17(2)25-21-11-9-19(10-12-21)8-5-13-23-22(24)16-26-15-20-7-4-6-18(3)14-20/h4,6-7,9-12,14,17H,5,8,13,15-16H2,1-3H3,(H,23,24). The molecule has 0 spiro atoms. The average Bonchev–Trinajstić information content (AvgIpc) is 2.60. The largest absolute Gasteiger partial charge is 0.491 e. The van der Waals surface area contributed by atoms with Crippen molar-refractivity contribution in [2.45, 2.75) is 45.5 Å². The van der Waals surface area contributed by atoms with E-state index in [2.05, 4.69) is 48.6 Å². The van der Waals surface area contributed by atoms with Crippen LogP contribution in [0.1, 0.15) is 37.0 Å². The maximum atomic E-state index is 11.9. The second-order valence-electron chi connectivity index (χ2n) is 6.75. The Labute approximate surface area is 161 Å². The van der Waals surface area contributed by atoms with E-state index in [1.165, 1.54) is 16.7 Å². The molecule has 4 heteroatoms. The van der Waals surface area contributed by atoms with Crippen LogP contribution in [0.15, 0.2) is 48.5 Å². The normalized spacial score (nSPS) is 10.8. The first-order valence-electron chi connectivity index (χ1n) is 9.18. The highest BCUT2D eigenvalue weighted by Gasteiger charge is 2.03. The van der Waals surface area contributed by atoms with Crippen LogP contribution in [0, 0.1) is 6.92 Å². The maximum absolute atomic E-state index is 11.9. The van der Waals surface area contributed by atoms with Crippen molar-refractivity contribution in [2.75, 3.05) is 12.3 Å². The highest BCUT2D eigenvalue weighted by Crippen LogP contribution is 2.15. The van der Waals surface area contributed by atoms with Crippen LogP contribution < -0.4 is 10.1 Å². The number of benzene rings is 2. The smallest absolute Gasteiger partial charge is 0.230 e. The molecule has 0 aromatic heterocycles. The SMILES string of the molecule is Cc1cccc(CSCC(=O)NCCCc2ccc(OC(C)C)cc2)c1. The lowest BCUT2D eigenvalue weighted by atomic mass is 10.1. The third-order valence-corrected chi connectivity index (χ3v) is 4.85. The van der Waals surface area contributed by atoms with Crippen molar-refractivity contribution in [1.29, 1.82) is 0 Å². The van der Waals surface area contributed by atoms with Crippen LogP contribution in [-0.4, -0.2) is 24.3 Å². The summed E-state index contributed by atoms with van der Waals surface area (Å²) >= 11 is 1.66. The zero-order valence-electron chi connectivity index (χ0n) is 16.0. The molecule has 1 N–H and O–H groups in total. The van der Waals surface area contributed by atoms with Crippen molar-refractivity contribution in [3.63, 3.8) is 0 Å². The van der Waals surface area contributed by atoms with Gasteiger partial charge in [-0.3, -0.25) is 4.79 Å². The number of thioether (sulfide) groups is 1. The molecule has 1 amide bonds. The number of ether oxygens (including phenoxy) is 1. The van der Waals surface area contributed by atoms with Crippen molar-refractivity contribution in [3.05, 3.63) is 65.2 Å². The number of aryl methyl sites for hydroxylation is 2. The fraction of sp³-hybridized carbons (Fsp3) is 0.409. The predicted octanol–water partition coefficient (Wildman–Crippen LogP) is 4.76. The van der Waals surface area contributed by atoms with Crippen LogP contribution in [-0.2, 0) is 17.0 Å². The molecule has 26 heavy (non-hydrogen) atoms. The molecular formula is C22H29NO2S. The van der Waals surface area contributed by atoms with E-state index in [9.17, 15) is 4.79 Å². The van der Waals surface area contributed by atoms with Crippen molar-refractivity contribution in [2.24, 2.45) is 0 Å². The average molecular weight is 372 g/mol. The first-order chi connectivity index (χ1) is 12.5. The zero-order valence-corrected chi connectivity index (χ0v) is 16.8. The Morgan fingerprint density at radius 3 is 2.58 bits per heavy atom. The Balaban J connectivity index is 1.58. The number of carbonyl (C=O) groups excluding carboxylic acids is 1. The van der Waals surface area contributed by atoms with E-state index in [4.69, 9.17) is 4.74 Å². The first kappa shape index (κ1) is 20.4. The lowest BCUT2D eigenvalue weighted by Gasteiger charge is -2.10. The molecule has 140 valence electrons. The minimum atomic E-state index is 0.114. The molecule has 2 aromatic rings. The van der Waals surface area contributed by atoms with Gasteiger partial charge in [-0.1, -0.05) is 42.0 Å². The number of hydrogen-bond acceptors (Lipinski definition) is 3. The Hall–Kier alpha value is -1.94. The van der Waals surface area contributed by atoms with E-state index in [-0.39, 0.29) is 12.0 Å². The Bertz CT molecular complexity index is 683. The fourth-order valence-corrected chi connectivity index (χ4v) is 3.45. The Morgan fingerprint density at radius 2 is 1.88 bits per heavy atom. The van der Waals surface area contributed by atoms with Crippen LogP contribution in [0.5, 0.6) is 5.75 Å². The van der Waals surface area contributed by atoms with Crippen LogP contribution >= 0.6 is 11.8 Å². The predicted molar refractivity (Wildman–Crippen MR) is 111 cm³/mol. The van der Waals surface area contributed by atoms with E-state index in [0.717, 1.165) is 24.3 Å². The van der Waals surface area contributed by atoms with E-state index in [1.807, 2.05) is 26.0 Å². The quantitative estimate of drug-likeness (QED) is 0.612. The summed E-state index contributed by atoms with van der Waals surface area (Å²) in [5, 5.41) is 3.00. The summed E-state index contributed by atoms with van der Waals surface area (Å²) in [6.07, 6.45) is 2.09. The van der Waals surface area contributed by atoms with Crippen molar-refractivity contribution < 1.29 is 9.53 Å². The van der Waals surface area contributed by atoms with Crippen molar-refractivity contribution in [1.82, 2.24) is 5.32 Å². The molecule has 0 fully saturated rings. The Kier molecular flexibility index (Phi) is 8.56. The van der Waals surface area contributed by atoms with Crippen molar-refractivity contribution >= 4 is 17.7 Å². The third-order valence-electron chi connectivity index (χ3n) is 3.84. The van der Waals surface area contributed by atoms with Gasteiger partial charge in [0, 0.05) is 12.3 Å². The van der Waals surface area contributed by atoms with Gasteiger partial charge in [0.15, 0.2) is 0 Å². The highest BCUT2D eigenvalue weighted by molar-refractivity contribution is 7.99. The van der Waals surface area contributed by atoms with Gasteiger partial charge in [0.05, 0.1) is 11.9 Å². The molecular weight excluding hydrogens is 342 g/mol. The summed E-state index contributed by atoms with van der Waals surface area (Å²) in [4.78, 5) is 11.9. The molecule has 0 bridgehead atoms. The summed E-state index contributed by atoms with van der Waals surface area (Å²) in [5.74, 6) is 2.40. The van der Waals surface area contributed by atoms with E-state index in [1.54, 1.807) is 11.8 Å². The highest BCUT2D eigenvalue weighted by atomic mass is 32.2. The van der Waals surface area contributed by atoms with Gasteiger partial charge in [-0.15, -0.1) is 11.8 Å². The lowest BCUT2D eigenvalue weighted by molar-refractivity contribution is -0.118. The van der Waals surface area contributed by atoms with Gasteiger partial charge in [0.1, 0.15) is 5.75 Å². The van der Waals surface area contributed by atoms with Crippen molar-refractivity contribution in [3.8, 4) is 5.75 Å². The van der Waals surface area contributed by atoms with E-state index >= 15 is 0 Å². The van der Waals surface area contributed by atoms with E-state index < -0.39 is 0 Å². The zero-order chi connectivity index (χ0) is 18.8. The topological polar surface area (TPSA) is 38.3 Å². The van der Waals surface area contributed by atoms with Gasteiger partial charge >= 0.3 is 0 Å². The van der Waals surface area contributed by atoms with Gasteiger partial charge in [-0.25, -0.2) is 0 Å². The molecule has 2 rings (SSSR count). The molecule has 0 unspecified atom stereocenters.